The number of methoxy groups -OCH3 is 1. The highest BCUT2D eigenvalue weighted by Crippen LogP contribution is 2.19. The summed E-state index contributed by atoms with van der Waals surface area (Å²) in [6, 6.07) is 8.22. The Morgan fingerprint density at radius 2 is 1.95 bits per heavy atom. The summed E-state index contributed by atoms with van der Waals surface area (Å²) in [4.78, 5) is 11.1. The van der Waals surface area contributed by atoms with Gasteiger partial charge in [-0.15, -0.1) is 0 Å². The second-order valence-corrected chi connectivity index (χ2v) is 4.41. The van der Waals surface area contributed by atoms with Crippen molar-refractivity contribution in [1.82, 2.24) is 0 Å². The van der Waals surface area contributed by atoms with E-state index in [1.807, 2.05) is 0 Å². The molecule has 0 bridgehead atoms. The molecule has 102 valence electrons. The summed E-state index contributed by atoms with van der Waals surface area (Å²) >= 11 is 0. The average Bonchev–Trinajstić information content (AvgIpc) is 2.36. The first-order valence-corrected chi connectivity index (χ1v) is 5.74. The van der Waals surface area contributed by atoms with Gasteiger partial charge >= 0.3 is 5.63 Å². The van der Waals surface area contributed by atoms with Crippen LogP contribution in [0.25, 0.3) is 11.0 Å². The molecule has 0 saturated carbocycles. The Bertz CT molecular complexity index is 621. The first kappa shape index (κ1) is 13.5. The highest BCUT2D eigenvalue weighted by Gasteiger charge is 2.19. The van der Waals surface area contributed by atoms with E-state index >= 15 is 0 Å². The number of hydrogen-bond acceptors (Lipinski definition) is 6. The Labute approximate surface area is 109 Å². The Hall–Kier alpha value is -1.89. The van der Waals surface area contributed by atoms with Crippen molar-refractivity contribution in [1.29, 1.82) is 0 Å². The van der Waals surface area contributed by atoms with Crippen molar-refractivity contribution in [3.8, 4) is 5.75 Å². The molecule has 0 unspecified atom stereocenters. The maximum Gasteiger partial charge on any atom is 0.336 e. The van der Waals surface area contributed by atoms with E-state index in [0.29, 0.717) is 11.3 Å². The first-order valence-electron chi connectivity index (χ1n) is 5.74. The van der Waals surface area contributed by atoms with Crippen LogP contribution in [0.15, 0.2) is 39.5 Å². The normalized spacial score (nSPS) is 11.7. The van der Waals surface area contributed by atoms with Crippen molar-refractivity contribution in [2.24, 2.45) is 11.5 Å². The smallest absolute Gasteiger partial charge is 0.336 e. The van der Waals surface area contributed by atoms with Crippen LogP contribution in [0, 0.1) is 0 Å². The zero-order valence-corrected chi connectivity index (χ0v) is 10.6. The third kappa shape index (κ3) is 3.54. The number of benzene rings is 1. The molecule has 6 heteroatoms. The molecule has 19 heavy (non-hydrogen) atoms. The summed E-state index contributed by atoms with van der Waals surface area (Å²) in [5, 5.41) is 0.815. The minimum absolute atomic E-state index is 0.0867. The van der Waals surface area contributed by atoms with E-state index in [9.17, 15) is 4.79 Å². The van der Waals surface area contributed by atoms with Gasteiger partial charge in [0.2, 0.25) is 0 Å². The third-order valence-corrected chi connectivity index (χ3v) is 2.52. The molecular weight excluding hydrogens is 248 g/mol. The zero-order chi connectivity index (χ0) is 13.9. The van der Waals surface area contributed by atoms with Crippen LogP contribution in [0.2, 0.25) is 0 Å². The summed E-state index contributed by atoms with van der Waals surface area (Å²) < 4.78 is 15.4. The van der Waals surface area contributed by atoms with Gasteiger partial charge in [0.25, 0.3) is 0 Å². The zero-order valence-electron chi connectivity index (χ0n) is 10.6. The molecule has 0 atom stereocenters. The molecule has 2 rings (SSSR count). The molecule has 1 aromatic heterocycles. The summed E-state index contributed by atoms with van der Waals surface area (Å²) in [6.07, 6.45) is 0. The number of fused-ring (bicyclic) bond motifs is 1. The summed E-state index contributed by atoms with van der Waals surface area (Å²) in [7, 11) is 1.51. The van der Waals surface area contributed by atoms with Gasteiger partial charge in [-0.05, 0) is 18.2 Å². The highest BCUT2D eigenvalue weighted by molar-refractivity contribution is 5.77. The van der Waals surface area contributed by atoms with Crippen molar-refractivity contribution in [3.63, 3.8) is 0 Å². The molecule has 2 aromatic rings. The van der Waals surface area contributed by atoms with Crippen molar-refractivity contribution in [2.45, 2.75) is 5.66 Å². The van der Waals surface area contributed by atoms with Crippen LogP contribution in [-0.4, -0.2) is 26.0 Å². The van der Waals surface area contributed by atoms with Gasteiger partial charge in [-0.2, -0.15) is 0 Å². The Kier molecular flexibility index (Phi) is 3.84. The monoisotopic (exact) mass is 264 g/mol. The Morgan fingerprint density at radius 1 is 1.21 bits per heavy atom. The van der Waals surface area contributed by atoms with Gasteiger partial charge in [0, 0.05) is 24.6 Å². The molecule has 0 spiro atoms. The first-order chi connectivity index (χ1) is 9.00. The molecule has 0 saturated heterocycles. The Morgan fingerprint density at radius 3 is 2.68 bits per heavy atom. The average molecular weight is 264 g/mol. The van der Waals surface area contributed by atoms with E-state index in [1.165, 1.54) is 13.2 Å². The minimum Gasteiger partial charge on any atom is -0.490 e. The molecule has 1 heterocycles. The van der Waals surface area contributed by atoms with Gasteiger partial charge < -0.3 is 25.4 Å². The number of rotatable bonds is 5. The molecular formula is C13H16N2O4. The topological polar surface area (TPSA) is 101 Å². The molecule has 0 amide bonds. The van der Waals surface area contributed by atoms with Crippen LogP contribution in [-0.2, 0) is 4.74 Å². The molecule has 4 N–H and O–H groups in total. The number of hydrogen-bond donors (Lipinski definition) is 2. The van der Waals surface area contributed by atoms with Crippen molar-refractivity contribution >= 4 is 11.0 Å². The van der Waals surface area contributed by atoms with Crippen LogP contribution >= 0.6 is 0 Å². The number of ether oxygens (including phenoxy) is 2. The maximum atomic E-state index is 11.1. The summed E-state index contributed by atoms with van der Waals surface area (Å²) in [5.41, 5.74) is 10.5. The molecule has 1 aromatic carbocycles. The van der Waals surface area contributed by atoms with Crippen LogP contribution in [0.5, 0.6) is 5.75 Å². The fourth-order valence-electron chi connectivity index (χ4n) is 1.66. The summed E-state index contributed by atoms with van der Waals surface area (Å²) in [5.74, 6) is 0.526. The quantitative estimate of drug-likeness (QED) is 0.600. The van der Waals surface area contributed by atoms with Gasteiger partial charge in [0.1, 0.15) is 23.6 Å². The minimum atomic E-state index is -1.07. The van der Waals surface area contributed by atoms with E-state index in [-0.39, 0.29) is 13.2 Å². The van der Waals surface area contributed by atoms with E-state index in [1.54, 1.807) is 24.3 Å². The van der Waals surface area contributed by atoms with E-state index < -0.39 is 11.3 Å². The van der Waals surface area contributed by atoms with Crippen LogP contribution < -0.4 is 21.8 Å². The second-order valence-electron chi connectivity index (χ2n) is 4.41. The lowest BCUT2D eigenvalue weighted by Crippen LogP contribution is -2.57. The molecule has 0 aliphatic heterocycles. The predicted molar refractivity (Wildman–Crippen MR) is 71.0 cm³/mol. The van der Waals surface area contributed by atoms with Gasteiger partial charge in [0.05, 0.1) is 6.61 Å². The fraction of sp³-hybridized carbons (Fsp3) is 0.308. The molecule has 0 aliphatic rings. The highest BCUT2D eigenvalue weighted by atomic mass is 16.5. The van der Waals surface area contributed by atoms with Crippen LogP contribution in [0.3, 0.4) is 0 Å². The maximum absolute atomic E-state index is 11.1. The predicted octanol–water partition coefficient (Wildman–Crippen LogP) is 0.432. The van der Waals surface area contributed by atoms with Gasteiger partial charge in [0.15, 0.2) is 0 Å². The van der Waals surface area contributed by atoms with Crippen molar-refractivity contribution in [2.75, 3.05) is 20.3 Å². The van der Waals surface area contributed by atoms with Crippen molar-refractivity contribution in [3.05, 3.63) is 40.8 Å². The lowest BCUT2D eigenvalue weighted by atomic mass is 10.2. The van der Waals surface area contributed by atoms with Gasteiger partial charge in [-0.3, -0.25) is 0 Å². The lowest BCUT2D eigenvalue weighted by Gasteiger charge is -2.23. The molecule has 0 radical (unpaired) electrons. The molecule has 6 nitrogen and oxygen atoms in total. The second kappa shape index (κ2) is 5.40. The molecule has 0 aliphatic carbocycles. The van der Waals surface area contributed by atoms with Crippen molar-refractivity contribution < 1.29 is 13.9 Å². The molecule has 0 fully saturated rings. The lowest BCUT2D eigenvalue weighted by molar-refractivity contribution is 0.0986. The fourth-order valence-corrected chi connectivity index (χ4v) is 1.66. The standard InChI is InChI=1S/C13H16N2O4/c1-17-7-13(14,15)8-18-10-4-2-9-3-5-12(16)19-11(9)6-10/h2-6H,7-8,14-15H2,1H3. The van der Waals surface area contributed by atoms with E-state index in [4.69, 9.17) is 25.4 Å². The SMILES string of the molecule is COCC(N)(N)COc1ccc2ccc(=O)oc2c1. The largest absolute Gasteiger partial charge is 0.490 e. The third-order valence-electron chi connectivity index (χ3n) is 2.52. The van der Waals surface area contributed by atoms with E-state index in [0.717, 1.165) is 5.39 Å². The summed E-state index contributed by atoms with van der Waals surface area (Å²) in [6.45, 7) is 0.263. The van der Waals surface area contributed by atoms with Gasteiger partial charge in [-0.1, -0.05) is 0 Å². The van der Waals surface area contributed by atoms with Gasteiger partial charge in [-0.25, -0.2) is 4.79 Å². The Balaban J connectivity index is 2.15. The van der Waals surface area contributed by atoms with Crippen LogP contribution in [0.1, 0.15) is 0 Å². The van der Waals surface area contributed by atoms with E-state index in [2.05, 4.69) is 0 Å². The van der Waals surface area contributed by atoms with Crippen LogP contribution in [0.4, 0.5) is 0 Å². The number of nitrogens with two attached hydrogens (primary N) is 2.